The van der Waals surface area contributed by atoms with Crippen molar-refractivity contribution >= 4 is 11.4 Å². The van der Waals surface area contributed by atoms with E-state index in [0.29, 0.717) is 13.1 Å². The lowest BCUT2D eigenvalue weighted by atomic mass is 10.0. The number of hydrogen-bond acceptors (Lipinski definition) is 6. The van der Waals surface area contributed by atoms with Crippen LogP contribution in [0.2, 0.25) is 0 Å². The van der Waals surface area contributed by atoms with E-state index in [0.717, 1.165) is 17.8 Å². The number of aliphatic hydroxyl groups excluding tert-OH is 4. The van der Waals surface area contributed by atoms with E-state index >= 15 is 0 Å². The Labute approximate surface area is 147 Å². The zero-order valence-electron chi connectivity index (χ0n) is 14.1. The quantitative estimate of drug-likeness (QED) is 0.380. The molecule has 2 rings (SSSR count). The Hall–Kier alpha value is -2.12. The molecule has 2 atom stereocenters. The van der Waals surface area contributed by atoms with E-state index < -0.39 is 12.2 Å². The lowest BCUT2D eigenvalue weighted by Crippen LogP contribution is -2.22. The molecule has 0 aliphatic carbocycles. The Bertz CT molecular complexity index is 561. The largest absolute Gasteiger partial charge is 0.394 e. The van der Waals surface area contributed by atoms with Gasteiger partial charge in [-0.1, -0.05) is 24.3 Å². The highest BCUT2D eigenvalue weighted by atomic mass is 16.3. The van der Waals surface area contributed by atoms with Crippen LogP contribution in [-0.4, -0.2) is 58.9 Å². The molecule has 0 amide bonds. The number of rotatable bonds is 10. The number of anilines is 2. The van der Waals surface area contributed by atoms with Crippen LogP contribution in [0.4, 0.5) is 11.4 Å². The Kier molecular flexibility index (Phi) is 7.69. The molecule has 6 N–H and O–H groups in total. The molecule has 0 aliphatic rings. The van der Waals surface area contributed by atoms with Gasteiger partial charge in [0.2, 0.25) is 0 Å². The SMILES string of the molecule is OCC(O)CNc1ccc(Cc2ccc(NCC(O)CO)cc2)cc1. The first kappa shape index (κ1) is 19.2. The lowest BCUT2D eigenvalue weighted by molar-refractivity contribution is 0.105. The predicted molar refractivity (Wildman–Crippen MR) is 98.9 cm³/mol. The van der Waals surface area contributed by atoms with Crippen LogP contribution in [0.5, 0.6) is 0 Å². The summed E-state index contributed by atoms with van der Waals surface area (Å²) in [5.74, 6) is 0. The van der Waals surface area contributed by atoms with Crippen LogP contribution in [0.1, 0.15) is 11.1 Å². The van der Waals surface area contributed by atoms with Crippen LogP contribution in [0.15, 0.2) is 48.5 Å². The molecule has 2 aromatic rings. The molecule has 6 heteroatoms. The van der Waals surface area contributed by atoms with Gasteiger partial charge in [-0.25, -0.2) is 0 Å². The van der Waals surface area contributed by atoms with Gasteiger partial charge >= 0.3 is 0 Å². The fourth-order valence-corrected chi connectivity index (χ4v) is 2.32. The van der Waals surface area contributed by atoms with Crippen LogP contribution in [0, 0.1) is 0 Å². The van der Waals surface area contributed by atoms with Crippen LogP contribution >= 0.6 is 0 Å². The lowest BCUT2D eigenvalue weighted by Gasteiger charge is -2.12. The molecule has 136 valence electrons. The van der Waals surface area contributed by atoms with Gasteiger partial charge in [-0.2, -0.15) is 0 Å². The maximum atomic E-state index is 9.33. The molecule has 0 spiro atoms. The third-order valence-corrected chi connectivity index (χ3v) is 3.82. The van der Waals surface area contributed by atoms with E-state index in [1.54, 1.807) is 0 Å². The predicted octanol–water partition coefficient (Wildman–Crippen LogP) is 0.808. The third kappa shape index (κ3) is 6.72. The topological polar surface area (TPSA) is 105 Å². The molecule has 0 aliphatic heterocycles. The smallest absolute Gasteiger partial charge is 0.0942 e. The van der Waals surface area contributed by atoms with Crippen molar-refractivity contribution < 1.29 is 20.4 Å². The Morgan fingerprint density at radius 2 is 1.00 bits per heavy atom. The average molecular weight is 346 g/mol. The second kappa shape index (κ2) is 10.0. The van der Waals surface area contributed by atoms with Gasteiger partial charge in [-0.15, -0.1) is 0 Å². The van der Waals surface area contributed by atoms with E-state index in [4.69, 9.17) is 10.2 Å². The summed E-state index contributed by atoms with van der Waals surface area (Å²) in [6.07, 6.45) is -0.713. The molecular formula is C19H26N2O4. The minimum absolute atomic E-state index is 0.255. The summed E-state index contributed by atoms with van der Waals surface area (Å²) in [6, 6.07) is 15.9. The van der Waals surface area contributed by atoms with Gasteiger partial charge in [-0.05, 0) is 41.8 Å². The first-order chi connectivity index (χ1) is 12.1. The van der Waals surface area contributed by atoms with Crippen molar-refractivity contribution in [2.24, 2.45) is 0 Å². The van der Waals surface area contributed by atoms with Crippen molar-refractivity contribution in [3.05, 3.63) is 59.7 Å². The van der Waals surface area contributed by atoms with Crippen molar-refractivity contribution in [1.82, 2.24) is 0 Å². The number of aliphatic hydroxyl groups is 4. The summed E-state index contributed by atoms with van der Waals surface area (Å²) in [5.41, 5.74) is 4.14. The second-order valence-electron chi connectivity index (χ2n) is 6.01. The highest BCUT2D eigenvalue weighted by Gasteiger charge is 2.03. The van der Waals surface area contributed by atoms with Crippen molar-refractivity contribution in [3.63, 3.8) is 0 Å². The van der Waals surface area contributed by atoms with Crippen LogP contribution in [-0.2, 0) is 6.42 Å². The molecule has 6 nitrogen and oxygen atoms in total. The molecule has 0 fully saturated rings. The monoisotopic (exact) mass is 346 g/mol. The van der Waals surface area contributed by atoms with E-state index in [1.807, 2.05) is 48.5 Å². The van der Waals surface area contributed by atoms with Crippen molar-refractivity contribution in [3.8, 4) is 0 Å². The zero-order valence-corrected chi connectivity index (χ0v) is 14.1. The highest BCUT2D eigenvalue weighted by molar-refractivity contribution is 5.47. The van der Waals surface area contributed by atoms with Crippen LogP contribution in [0.25, 0.3) is 0 Å². The molecule has 0 saturated carbocycles. The third-order valence-electron chi connectivity index (χ3n) is 3.82. The summed E-state index contributed by atoms with van der Waals surface area (Å²) in [4.78, 5) is 0. The molecule has 0 heterocycles. The minimum atomic E-state index is -0.759. The van der Waals surface area contributed by atoms with Crippen molar-refractivity contribution in [2.45, 2.75) is 18.6 Å². The molecule has 2 aromatic carbocycles. The van der Waals surface area contributed by atoms with E-state index in [9.17, 15) is 10.2 Å². The summed E-state index contributed by atoms with van der Waals surface area (Å²) < 4.78 is 0. The molecule has 0 aromatic heterocycles. The fraction of sp³-hybridized carbons (Fsp3) is 0.368. The standard InChI is InChI=1S/C19H26N2O4/c22-12-18(24)10-20-16-5-1-14(2-6-16)9-15-3-7-17(8-4-15)21-11-19(25)13-23/h1-8,18-25H,9-13H2. The maximum Gasteiger partial charge on any atom is 0.0942 e. The molecule has 0 radical (unpaired) electrons. The minimum Gasteiger partial charge on any atom is -0.394 e. The molecule has 0 saturated heterocycles. The summed E-state index contributed by atoms with van der Waals surface area (Å²) in [5, 5.41) is 42.4. The van der Waals surface area contributed by atoms with Gasteiger partial charge in [0.15, 0.2) is 0 Å². The molecule has 0 bridgehead atoms. The summed E-state index contributed by atoms with van der Waals surface area (Å²) >= 11 is 0. The van der Waals surface area contributed by atoms with Gasteiger partial charge in [0, 0.05) is 24.5 Å². The van der Waals surface area contributed by atoms with Crippen LogP contribution in [0.3, 0.4) is 0 Å². The summed E-state index contributed by atoms with van der Waals surface area (Å²) in [7, 11) is 0. The van der Waals surface area contributed by atoms with Crippen molar-refractivity contribution in [1.29, 1.82) is 0 Å². The fourth-order valence-electron chi connectivity index (χ4n) is 2.32. The number of benzene rings is 2. The Morgan fingerprint density at radius 1 is 0.640 bits per heavy atom. The highest BCUT2D eigenvalue weighted by Crippen LogP contribution is 2.16. The Morgan fingerprint density at radius 3 is 1.32 bits per heavy atom. The van der Waals surface area contributed by atoms with E-state index in [-0.39, 0.29) is 13.2 Å². The molecular weight excluding hydrogens is 320 g/mol. The second-order valence-corrected chi connectivity index (χ2v) is 6.01. The van der Waals surface area contributed by atoms with Gasteiger partial charge < -0.3 is 31.1 Å². The first-order valence-electron chi connectivity index (χ1n) is 8.34. The number of hydrogen-bond donors (Lipinski definition) is 6. The van der Waals surface area contributed by atoms with E-state index in [1.165, 1.54) is 11.1 Å². The first-order valence-corrected chi connectivity index (χ1v) is 8.34. The van der Waals surface area contributed by atoms with Gasteiger partial charge in [-0.3, -0.25) is 0 Å². The normalized spacial score (nSPS) is 13.3. The average Bonchev–Trinajstić information content (AvgIpc) is 2.66. The van der Waals surface area contributed by atoms with Gasteiger partial charge in [0.25, 0.3) is 0 Å². The summed E-state index contributed by atoms with van der Waals surface area (Å²) in [6.45, 7) is 0.119. The molecule has 2 unspecified atom stereocenters. The Balaban J connectivity index is 1.85. The maximum absolute atomic E-state index is 9.33. The van der Waals surface area contributed by atoms with Gasteiger partial charge in [0.1, 0.15) is 0 Å². The number of nitrogens with one attached hydrogen (secondary N) is 2. The van der Waals surface area contributed by atoms with E-state index in [2.05, 4.69) is 10.6 Å². The van der Waals surface area contributed by atoms with Gasteiger partial charge in [0.05, 0.1) is 25.4 Å². The van der Waals surface area contributed by atoms with Crippen LogP contribution < -0.4 is 10.6 Å². The zero-order chi connectivity index (χ0) is 18.1. The molecule has 25 heavy (non-hydrogen) atoms. The van der Waals surface area contributed by atoms with Crippen molar-refractivity contribution in [2.75, 3.05) is 36.9 Å².